The van der Waals surface area contributed by atoms with Crippen LogP contribution in [0.1, 0.15) is 32.6 Å². The molecule has 86 valence electrons. The van der Waals surface area contributed by atoms with Crippen LogP contribution in [0.15, 0.2) is 0 Å². The molecule has 0 amide bonds. The predicted molar refractivity (Wildman–Crippen MR) is 55.5 cm³/mol. The first-order chi connectivity index (χ1) is 6.56. The maximum absolute atomic E-state index is 11.7. The van der Waals surface area contributed by atoms with Gasteiger partial charge in [0.05, 0.1) is 0 Å². The lowest BCUT2D eigenvalue weighted by Gasteiger charge is -2.05. The summed E-state index contributed by atoms with van der Waals surface area (Å²) >= 11 is 0.0815. The highest BCUT2D eigenvalue weighted by molar-refractivity contribution is 8.00. The van der Waals surface area contributed by atoms with E-state index in [4.69, 9.17) is 0 Å². The van der Waals surface area contributed by atoms with Crippen molar-refractivity contribution in [2.45, 2.75) is 38.1 Å². The van der Waals surface area contributed by atoms with Crippen LogP contribution in [0.25, 0.3) is 0 Å². The quantitative estimate of drug-likeness (QED) is 0.640. The molecule has 0 radical (unpaired) electrons. The zero-order chi connectivity index (χ0) is 10.9. The van der Waals surface area contributed by atoms with E-state index in [2.05, 4.69) is 12.2 Å². The Balaban J connectivity index is 2.99. The molecule has 0 saturated carbocycles. The average molecular weight is 229 g/mol. The maximum Gasteiger partial charge on any atom is 0.441 e. The first-order valence-electron chi connectivity index (χ1n) is 4.97. The standard InChI is InChI=1S/C9H18F3NS/c1-2-6-13-7-4-3-5-8-14-9(10,11)12/h13H,2-8H2,1H3. The fraction of sp³-hybridized carbons (Fsp3) is 1.00. The van der Waals surface area contributed by atoms with E-state index in [1.54, 1.807) is 0 Å². The van der Waals surface area contributed by atoms with Crippen LogP contribution in [0.2, 0.25) is 0 Å². The zero-order valence-electron chi connectivity index (χ0n) is 8.49. The third kappa shape index (κ3) is 12.1. The van der Waals surface area contributed by atoms with E-state index in [9.17, 15) is 13.2 Å². The summed E-state index contributed by atoms with van der Waals surface area (Å²) in [6.07, 6.45) is 3.60. The van der Waals surface area contributed by atoms with E-state index in [0.717, 1.165) is 32.4 Å². The van der Waals surface area contributed by atoms with Gasteiger partial charge in [0.2, 0.25) is 0 Å². The van der Waals surface area contributed by atoms with Gasteiger partial charge >= 0.3 is 5.51 Å². The van der Waals surface area contributed by atoms with Gasteiger partial charge in [0, 0.05) is 5.75 Å². The highest BCUT2D eigenvalue weighted by atomic mass is 32.2. The molecule has 0 saturated heterocycles. The van der Waals surface area contributed by atoms with Crippen LogP contribution in [0, 0.1) is 0 Å². The van der Waals surface area contributed by atoms with Gasteiger partial charge in [-0.1, -0.05) is 25.1 Å². The van der Waals surface area contributed by atoms with Crippen LogP contribution in [-0.2, 0) is 0 Å². The first-order valence-corrected chi connectivity index (χ1v) is 5.96. The topological polar surface area (TPSA) is 12.0 Å². The van der Waals surface area contributed by atoms with Gasteiger partial charge in [0.1, 0.15) is 0 Å². The summed E-state index contributed by atoms with van der Waals surface area (Å²) < 4.78 is 35.0. The summed E-state index contributed by atoms with van der Waals surface area (Å²) in [5, 5.41) is 3.21. The maximum atomic E-state index is 11.7. The number of rotatable bonds is 8. The summed E-state index contributed by atoms with van der Waals surface area (Å²) in [5.74, 6) is 0.192. The Morgan fingerprint density at radius 2 is 1.79 bits per heavy atom. The lowest BCUT2D eigenvalue weighted by Crippen LogP contribution is -2.15. The van der Waals surface area contributed by atoms with Gasteiger partial charge in [-0.3, -0.25) is 0 Å². The molecule has 0 aromatic heterocycles. The third-order valence-electron chi connectivity index (χ3n) is 1.69. The number of hydrogen-bond donors (Lipinski definition) is 1. The average Bonchev–Trinajstić information content (AvgIpc) is 2.08. The Bertz CT molecular complexity index is 128. The summed E-state index contributed by atoms with van der Waals surface area (Å²) in [4.78, 5) is 0. The van der Waals surface area contributed by atoms with Gasteiger partial charge in [-0.15, -0.1) is 0 Å². The Morgan fingerprint density at radius 1 is 1.07 bits per heavy atom. The minimum Gasteiger partial charge on any atom is -0.317 e. The Labute approximate surface area is 87.8 Å². The molecule has 0 bridgehead atoms. The molecule has 1 N–H and O–H groups in total. The van der Waals surface area contributed by atoms with Crippen molar-refractivity contribution in [3.05, 3.63) is 0 Å². The molecular formula is C9H18F3NS. The van der Waals surface area contributed by atoms with Crippen molar-refractivity contribution in [1.29, 1.82) is 0 Å². The monoisotopic (exact) mass is 229 g/mol. The van der Waals surface area contributed by atoms with E-state index >= 15 is 0 Å². The second kappa shape index (κ2) is 8.41. The SMILES string of the molecule is CCCNCCCCCSC(F)(F)F. The summed E-state index contributed by atoms with van der Waals surface area (Å²) in [7, 11) is 0. The fourth-order valence-electron chi connectivity index (χ4n) is 1.02. The largest absolute Gasteiger partial charge is 0.441 e. The van der Waals surface area contributed by atoms with Crippen LogP contribution >= 0.6 is 11.8 Å². The van der Waals surface area contributed by atoms with E-state index in [-0.39, 0.29) is 17.5 Å². The number of hydrogen-bond acceptors (Lipinski definition) is 2. The van der Waals surface area contributed by atoms with Crippen molar-refractivity contribution in [3.63, 3.8) is 0 Å². The Morgan fingerprint density at radius 3 is 2.36 bits per heavy atom. The van der Waals surface area contributed by atoms with Crippen LogP contribution in [-0.4, -0.2) is 24.4 Å². The number of alkyl halides is 3. The molecule has 1 nitrogen and oxygen atoms in total. The molecule has 0 aliphatic rings. The fourth-order valence-corrected chi connectivity index (χ4v) is 1.60. The predicted octanol–water partition coefficient (Wildman–Crippen LogP) is 3.41. The molecular weight excluding hydrogens is 211 g/mol. The van der Waals surface area contributed by atoms with Gasteiger partial charge in [-0.25, -0.2) is 0 Å². The van der Waals surface area contributed by atoms with Crippen molar-refractivity contribution in [3.8, 4) is 0 Å². The van der Waals surface area contributed by atoms with Crippen molar-refractivity contribution >= 4 is 11.8 Å². The molecule has 0 aliphatic carbocycles. The van der Waals surface area contributed by atoms with Crippen molar-refractivity contribution < 1.29 is 13.2 Å². The number of halogens is 3. The van der Waals surface area contributed by atoms with Gasteiger partial charge in [-0.2, -0.15) is 13.2 Å². The normalized spacial score (nSPS) is 12.0. The van der Waals surface area contributed by atoms with Crippen molar-refractivity contribution in [2.75, 3.05) is 18.8 Å². The van der Waals surface area contributed by atoms with E-state index < -0.39 is 5.51 Å². The molecule has 0 fully saturated rings. The van der Waals surface area contributed by atoms with Gasteiger partial charge < -0.3 is 5.32 Å². The van der Waals surface area contributed by atoms with Crippen LogP contribution in [0.4, 0.5) is 13.2 Å². The minimum absolute atomic E-state index is 0.0815. The second-order valence-corrected chi connectivity index (χ2v) is 4.26. The number of thioether (sulfide) groups is 1. The number of nitrogens with one attached hydrogen (secondary N) is 1. The highest BCUT2D eigenvalue weighted by Gasteiger charge is 2.27. The minimum atomic E-state index is -4.06. The van der Waals surface area contributed by atoms with Crippen molar-refractivity contribution in [1.82, 2.24) is 5.32 Å². The van der Waals surface area contributed by atoms with Gasteiger partial charge in [0.15, 0.2) is 0 Å². The molecule has 0 rings (SSSR count). The molecule has 5 heteroatoms. The number of unbranched alkanes of at least 4 members (excludes halogenated alkanes) is 2. The summed E-state index contributed by atoms with van der Waals surface area (Å²) in [5.41, 5.74) is -4.06. The summed E-state index contributed by atoms with van der Waals surface area (Å²) in [6.45, 7) is 4.01. The molecule has 0 aliphatic heterocycles. The smallest absolute Gasteiger partial charge is 0.317 e. The Kier molecular flexibility index (Phi) is 8.47. The van der Waals surface area contributed by atoms with Crippen molar-refractivity contribution in [2.24, 2.45) is 0 Å². The molecule has 0 aromatic rings. The third-order valence-corrected chi connectivity index (χ3v) is 2.51. The Hall–Kier alpha value is 0.100. The lowest BCUT2D eigenvalue weighted by atomic mass is 10.2. The molecule has 0 unspecified atom stereocenters. The van der Waals surface area contributed by atoms with E-state index in [1.807, 2.05) is 0 Å². The molecule has 0 heterocycles. The van der Waals surface area contributed by atoms with E-state index in [0.29, 0.717) is 6.42 Å². The summed E-state index contributed by atoms with van der Waals surface area (Å²) in [6, 6.07) is 0. The molecule has 0 atom stereocenters. The van der Waals surface area contributed by atoms with E-state index in [1.165, 1.54) is 0 Å². The van der Waals surface area contributed by atoms with Crippen LogP contribution in [0.3, 0.4) is 0 Å². The highest BCUT2D eigenvalue weighted by Crippen LogP contribution is 2.30. The van der Waals surface area contributed by atoms with Gasteiger partial charge in [-0.05, 0) is 32.4 Å². The zero-order valence-corrected chi connectivity index (χ0v) is 9.31. The van der Waals surface area contributed by atoms with Crippen LogP contribution < -0.4 is 5.32 Å². The first kappa shape index (κ1) is 14.1. The van der Waals surface area contributed by atoms with Crippen LogP contribution in [0.5, 0.6) is 0 Å². The van der Waals surface area contributed by atoms with Gasteiger partial charge in [0.25, 0.3) is 0 Å². The molecule has 0 aromatic carbocycles. The molecule has 14 heavy (non-hydrogen) atoms. The molecule has 0 spiro atoms. The lowest BCUT2D eigenvalue weighted by molar-refractivity contribution is -0.0328. The second-order valence-electron chi connectivity index (χ2n) is 3.10.